The molecular formula is C43H52N4O5. The van der Waals surface area contributed by atoms with Gasteiger partial charge in [0.2, 0.25) is 0 Å². The predicted octanol–water partition coefficient (Wildman–Crippen LogP) is 5.69. The number of aliphatic hydroxyl groups excluding tert-OH is 1. The van der Waals surface area contributed by atoms with Crippen LogP contribution in [-0.2, 0) is 47.7 Å². The Morgan fingerprint density at radius 3 is 2.29 bits per heavy atom. The molecule has 9 atom stereocenters. The number of methoxy groups -OCH3 is 1. The van der Waals surface area contributed by atoms with Gasteiger partial charge in [0, 0.05) is 89.9 Å². The maximum absolute atomic E-state index is 13.8. The molecule has 7 heterocycles. The Morgan fingerprint density at radius 2 is 1.58 bits per heavy atom. The molecule has 0 saturated carbocycles. The second-order valence-electron chi connectivity index (χ2n) is 16.6. The van der Waals surface area contributed by atoms with E-state index in [4.69, 9.17) is 9.47 Å². The lowest BCUT2D eigenvalue weighted by Crippen LogP contribution is -2.56. The summed E-state index contributed by atoms with van der Waals surface area (Å²) in [6.07, 6.45) is 5.75. The fourth-order valence-electron chi connectivity index (χ4n) is 12.0. The number of allylic oxidation sites excluding steroid dienone is 1. The van der Waals surface area contributed by atoms with Crippen LogP contribution in [0.1, 0.15) is 66.9 Å². The summed E-state index contributed by atoms with van der Waals surface area (Å²) < 4.78 is 16.7. The number of rotatable bonds is 7. The van der Waals surface area contributed by atoms with E-state index >= 15 is 0 Å². The van der Waals surface area contributed by atoms with Gasteiger partial charge in [-0.1, -0.05) is 18.2 Å². The maximum Gasteiger partial charge on any atom is 0.159 e. The first-order valence-corrected chi connectivity index (χ1v) is 19.2. The SMILES string of the molecule is COc1cc2c(cc1CC(C(C)=O)[C@@H]1C[C@@H]3c4c(c5ccccc5n4C)C[C@H]([C@@H]1CO)N3C)c1c(n2C)[C@H]2C[C@H]3C(C(C)=O)=COC[C@H]3[C@@H](C1)N2C. The van der Waals surface area contributed by atoms with E-state index in [1.165, 1.54) is 38.8 Å². The molecule has 5 aliphatic heterocycles. The molecule has 0 radical (unpaired) electrons. The first-order valence-electron chi connectivity index (χ1n) is 19.2. The molecule has 9 nitrogen and oxygen atoms in total. The highest BCUT2D eigenvalue weighted by molar-refractivity contribution is 5.94. The van der Waals surface area contributed by atoms with Gasteiger partial charge < -0.3 is 23.7 Å². The number of aryl methyl sites for hydroxylation is 2. The van der Waals surface area contributed by atoms with Gasteiger partial charge in [-0.25, -0.2) is 0 Å². The van der Waals surface area contributed by atoms with Gasteiger partial charge in [-0.05, 0) is 101 Å². The average Bonchev–Trinajstić information content (AvgIpc) is 3.55. The van der Waals surface area contributed by atoms with Crippen molar-refractivity contribution in [3.8, 4) is 5.75 Å². The molecule has 2 aromatic heterocycles. The Balaban J connectivity index is 1.10. The van der Waals surface area contributed by atoms with E-state index < -0.39 is 0 Å². The van der Waals surface area contributed by atoms with Crippen LogP contribution in [-0.4, -0.2) is 82.1 Å². The van der Waals surface area contributed by atoms with E-state index in [0.717, 1.165) is 48.1 Å². The fraction of sp³-hybridized carbons (Fsp3) is 0.535. The number of Topliss-reactive ketones (excluding diaryl/α,β-unsaturated/α-hetero) is 2. The minimum Gasteiger partial charge on any atom is -0.500 e. The molecule has 0 amide bonds. The van der Waals surface area contributed by atoms with Crippen LogP contribution >= 0.6 is 0 Å². The second-order valence-corrected chi connectivity index (χ2v) is 16.6. The topological polar surface area (TPSA) is 89.2 Å². The highest BCUT2D eigenvalue weighted by Gasteiger charge is 2.52. The minimum absolute atomic E-state index is 0.0176. The van der Waals surface area contributed by atoms with Crippen molar-refractivity contribution in [3.63, 3.8) is 0 Å². The number of ketones is 2. The molecule has 4 bridgehead atoms. The molecule has 52 heavy (non-hydrogen) atoms. The smallest absolute Gasteiger partial charge is 0.159 e. The third-order valence-corrected chi connectivity index (χ3v) is 14.5. The van der Waals surface area contributed by atoms with E-state index in [0.29, 0.717) is 13.0 Å². The van der Waals surface area contributed by atoms with Gasteiger partial charge in [0.05, 0.1) is 37.6 Å². The lowest BCUT2D eigenvalue weighted by Gasteiger charge is -2.53. The third kappa shape index (κ3) is 4.70. The number of nitrogens with zero attached hydrogens (tertiary/aromatic N) is 4. The zero-order chi connectivity index (χ0) is 36.3. The number of piperidine rings is 2. The summed E-state index contributed by atoms with van der Waals surface area (Å²) in [7, 11) is 10.5. The first-order chi connectivity index (χ1) is 25.0. The summed E-state index contributed by atoms with van der Waals surface area (Å²) in [6.45, 7) is 4.10. The average molecular weight is 705 g/mol. The van der Waals surface area contributed by atoms with E-state index in [-0.39, 0.29) is 71.9 Å². The molecule has 9 rings (SSSR count). The highest BCUT2D eigenvalue weighted by Crippen LogP contribution is 2.53. The van der Waals surface area contributed by atoms with Gasteiger partial charge in [0.25, 0.3) is 0 Å². The molecule has 0 aliphatic carbocycles. The van der Waals surface area contributed by atoms with Crippen molar-refractivity contribution < 1.29 is 24.2 Å². The summed E-state index contributed by atoms with van der Waals surface area (Å²) in [5, 5.41) is 13.6. The molecule has 2 saturated heterocycles. The van der Waals surface area contributed by atoms with Gasteiger partial charge in [0.15, 0.2) is 5.78 Å². The van der Waals surface area contributed by atoms with Crippen LogP contribution in [0, 0.1) is 29.6 Å². The number of hydrogen-bond donors (Lipinski definition) is 1. The van der Waals surface area contributed by atoms with Crippen molar-refractivity contribution in [2.24, 2.45) is 43.7 Å². The summed E-state index contributed by atoms with van der Waals surface area (Å²) in [5.41, 5.74) is 9.71. The molecule has 1 N–H and O–H groups in total. The van der Waals surface area contributed by atoms with Crippen LogP contribution in [0.2, 0.25) is 0 Å². The number of aromatic nitrogens is 2. The minimum atomic E-state index is -0.250. The van der Waals surface area contributed by atoms with Crippen molar-refractivity contribution in [2.75, 3.05) is 34.4 Å². The monoisotopic (exact) mass is 704 g/mol. The van der Waals surface area contributed by atoms with E-state index in [2.05, 4.69) is 83.5 Å². The molecule has 2 aromatic carbocycles. The number of carbonyl (C=O) groups is 2. The highest BCUT2D eigenvalue weighted by atomic mass is 16.5. The van der Waals surface area contributed by atoms with Crippen LogP contribution in [0.15, 0.2) is 48.2 Å². The summed E-state index contributed by atoms with van der Waals surface area (Å²) >= 11 is 0. The molecule has 1 unspecified atom stereocenters. The van der Waals surface area contributed by atoms with E-state index in [9.17, 15) is 14.7 Å². The Labute approximate surface area is 306 Å². The van der Waals surface area contributed by atoms with Crippen molar-refractivity contribution >= 4 is 33.4 Å². The Kier molecular flexibility index (Phi) is 8.03. The third-order valence-electron chi connectivity index (χ3n) is 14.5. The number of hydrogen-bond acceptors (Lipinski definition) is 7. The number of fused-ring (bicyclic) bond motifs is 14. The van der Waals surface area contributed by atoms with E-state index in [1.807, 2.05) is 0 Å². The molecular weight excluding hydrogens is 652 g/mol. The molecule has 274 valence electrons. The van der Waals surface area contributed by atoms with Gasteiger partial charge in [-0.15, -0.1) is 0 Å². The zero-order valence-corrected chi connectivity index (χ0v) is 31.6. The van der Waals surface area contributed by atoms with Crippen molar-refractivity contribution in [1.82, 2.24) is 18.9 Å². The van der Waals surface area contributed by atoms with Crippen molar-refractivity contribution in [2.45, 2.75) is 70.1 Å². The number of para-hydroxylation sites is 1. The van der Waals surface area contributed by atoms with Gasteiger partial charge in [-0.3, -0.25) is 19.4 Å². The molecule has 2 fully saturated rings. The first kappa shape index (κ1) is 33.9. The normalized spacial score (nSPS) is 30.3. The Morgan fingerprint density at radius 1 is 0.904 bits per heavy atom. The Hall–Kier alpha value is -3.92. The van der Waals surface area contributed by atoms with Crippen LogP contribution < -0.4 is 4.74 Å². The quantitative estimate of drug-likeness (QED) is 0.265. The fourth-order valence-corrected chi connectivity index (χ4v) is 12.0. The lowest BCUT2D eigenvalue weighted by atomic mass is 9.64. The molecule has 0 spiro atoms. The number of carbonyl (C=O) groups excluding carboxylic acids is 2. The van der Waals surface area contributed by atoms with E-state index in [1.54, 1.807) is 27.2 Å². The molecule has 4 aromatic rings. The van der Waals surface area contributed by atoms with Crippen LogP contribution in [0.5, 0.6) is 5.75 Å². The summed E-state index contributed by atoms with van der Waals surface area (Å²) in [5.74, 6) is 1.31. The lowest BCUT2D eigenvalue weighted by molar-refractivity contribution is -0.126. The van der Waals surface area contributed by atoms with Crippen LogP contribution in [0.4, 0.5) is 0 Å². The van der Waals surface area contributed by atoms with Crippen LogP contribution in [0.25, 0.3) is 21.8 Å². The largest absolute Gasteiger partial charge is 0.500 e. The maximum atomic E-state index is 13.8. The summed E-state index contributed by atoms with van der Waals surface area (Å²) in [4.78, 5) is 31.5. The molecule has 9 heteroatoms. The van der Waals surface area contributed by atoms with Gasteiger partial charge in [-0.2, -0.15) is 0 Å². The van der Waals surface area contributed by atoms with Crippen LogP contribution in [0.3, 0.4) is 0 Å². The number of aliphatic hydroxyl groups is 1. The summed E-state index contributed by atoms with van der Waals surface area (Å²) in [6, 6.07) is 13.9. The van der Waals surface area contributed by atoms with Gasteiger partial charge in [0.1, 0.15) is 11.5 Å². The van der Waals surface area contributed by atoms with Gasteiger partial charge >= 0.3 is 0 Å². The van der Waals surface area contributed by atoms with Crippen molar-refractivity contribution in [3.05, 3.63) is 76.3 Å². The molecule has 5 aliphatic rings. The Bertz CT molecular complexity index is 2160. The standard InChI is InChI=1S/C43H52N4O5/c1-22(49)26(27-14-39-42-30(16-36(44(39)3)32(27)19-48)25-10-8-9-11-35(25)46(42)5)12-24-13-29-31-17-37-34-21-52-20-33(23(2)50)28(34)15-40(45(37)4)43(31)47(6)38(29)18-41(24)51-7/h8-11,13,18,20,26-28,32,34,36-37,39-40,48H,12,14-17,19,21H2,1-7H3/t26?,27-,28-,32+,34+,36+,37+,39+,40+/m0/s1. The number of benzene rings is 2. The number of ether oxygens (including phenoxy) is 2. The zero-order valence-electron chi connectivity index (χ0n) is 31.6. The van der Waals surface area contributed by atoms with Crippen molar-refractivity contribution in [1.29, 1.82) is 0 Å². The predicted molar refractivity (Wildman–Crippen MR) is 201 cm³/mol. The number of likely N-dealkylation sites (N-methyl/N-ethyl adjacent to an activating group) is 2. The second kappa shape index (κ2) is 12.3.